The van der Waals surface area contributed by atoms with E-state index in [2.05, 4.69) is 10.1 Å². The molecule has 0 amide bonds. The molecule has 0 fully saturated rings. The number of aryl methyl sites for hydroxylation is 1. The Labute approximate surface area is 162 Å². The molecule has 5 aromatic rings. The highest BCUT2D eigenvalue weighted by Crippen LogP contribution is 2.31. The van der Waals surface area contributed by atoms with Crippen LogP contribution in [0.5, 0.6) is 0 Å². The van der Waals surface area contributed by atoms with Crippen LogP contribution < -0.4 is 5.56 Å². The van der Waals surface area contributed by atoms with Crippen molar-refractivity contribution in [1.29, 1.82) is 0 Å². The van der Waals surface area contributed by atoms with Crippen molar-refractivity contribution in [1.82, 2.24) is 24.3 Å². The zero-order chi connectivity index (χ0) is 18.4. The molecule has 0 spiro atoms. The van der Waals surface area contributed by atoms with Crippen molar-refractivity contribution in [2.45, 2.75) is 13.0 Å². The standard InChI is InChI=1S/C19H15N5OS2/c1-23-16-14(10-21-24(19(16)25)11-13-6-4-8-26-13)17-18(23)22-15(27-17)9-12-5-2-3-7-20-12/h2-8,10H,9,11H2,1H3. The van der Waals surface area contributed by atoms with Gasteiger partial charge in [-0.15, -0.1) is 22.7 Å². The molecule has 0 atom stereocenters. The summed E-state index contributed by atoms with van der Waals surface area (Å²) in [4.78, 5) is 23.2. The van der Waals surface area contributed by atoms with Crippen LogP contribution in [0.3, 0.4) is 0 Å². The molecular formula is C19H15N5OS2. The van der Waals surface area contributed by atoms with E-state index in [9.17, 15) is 4.79 Å². The molecule has 0 aliphatic rings. The van der Waals surface area contributed by atoms with E-state index < -0.39 is 0 Å². The van der Waals surface area contributed by atoms with Crippen molar-refractivity contribution in [2.24, 2.45) is 7.05 Å². The summed E-state index contributed by atoms with van der Waals surface area (Å²) in [5.41, 5.74) is 2.38. The number of pyridine rings is 1. The Kier molecular flexibility index (Phi) is 3.87. The average Bonchev–Trinajstić information content (AvgIpc) is 3.38. The highest BCUT2D eigenvalue weighted by Gasteiger charge is 2.18. The number of hydrogen-bond acceptors (Lipinski definition) is 6. The Bertz CT molecular complexity index is 1300. The van der Waals surface area contributed by atoms with Crippen molar-refractivity contribution < 1.29 is 0 Å². The molecule has 5 rings (SSSR count). The summed E-state index contributed by atoms with van der Waals surface area (Å²) in [6.45, 7) is 0.490. The van der Waals surface area contributed by atoms with E-state index in [1.54, 1.807) is 35.1 Å². The van der Waals surface area contributed by atoms with Gasteiger partial charge in [-0.2, -0.15) is 5.10 Å². The minimum Gasteiger partial charge on any atom is -0.323 e. The fourth-order valence-electron chi connectivity index (χ4n) is 3.23. The van der Waals surface area contributed by atoms with Crippen LogP contribution >= 0.6 is 22.7 Å². The van der Waals surface area contributed by atoms with Crippen LogP contribution in [0, 0.1) is 0 Å². The molecule has 27 heavy (non-hydrogen) atoms. The SMILES string of the molecule is Cn1c2nc(Cc3ccccn3)sc2c2cnn(Cc3cccs3)c(=O)c21. The zero-order valence-corrected chi connectivity index (χ0v) is 16.1. The van der Waals surface area contributed by atoms with E-state index in [0.717, 1.165) is 31.3 Å². The Balaban J connectivity index is 1.60. The minimum absolute atomic E-state index is 0.0834. The molecule has 0 bridgehead atoms. The Morgan fingerprint density at radius 3 is 2.89 bits per heavy atom. The first-order valence-electron chi connectivity index (χ1n) is 8.47. The van der Waals surface area contributed by atoms with Gasteiger partial charge < -0.3 is 4.57 Å². The number of thiazole rings is 1. The van der Waals surface area contributed by atoms with Crippen LogP contribution in [-0.2, 0) is 20.0 Å². The summed E-state index contributed by atoms with van der Waals surface area (Å²) in [5, 5.41) is 8.26. The maximum absolute atomic E-state index is 13.0. The van der Waals surface area contributed by atoms with Crippen molar-refractivity contribution in [2.75, 3.05) is 0 Å². The largest absolute Gasteiger partial charge is 0.323 e. The van der Waals surface area contributed by atoms with Crippen molar-refractivity contribution in [3.8, 4) is 0 Å². The van der Waals surface area contributed by atoms with Gasteiger partial charge in [0, 0.05) is 35.6 Å². The quantitative estimate of drug-likeness (QED) is 0.469. The van der Waals surface area contributed by atoms with E-state index in [1.165, 1.54) is 4.68 Å². The third-order valence-electron chi connectivity index (χ3n) is 4.51. The Morgan fingerprint density at radius 2 is 2.11 bits per heavy atom. The first kappa shape index (κ1) is 16.3. The molecule has 6 nitrogen and oxygen atoms in total. The average molecular weight is 393 g/mol. The van der Waals surface area contributed by atoms with Crippen LogP contribution in [0.15, 0.2) is 52.9 Å². The van der Waals surface area contributed by atoms with Gasteiger partial charge in [0.15, 0.2) is 5.65 Å². The number of fused-ring (bicyclic) bond motifs is 3. The summed E-state index contributed by atoms with van der Waals surface area (Å²) in [5.74, 6) is 0. The van der Waals surface area contributed by atoms with Gasteiger partial charge >= 0.3 is 0 Å². The maximum Gasteiger partial charge on any atom is 0.291 e. The number of rotatable bonds is 4. The predicted octanol–water partition coefficient (Wildman–Crippen LogP) is 3.44. The predicted molar refractivity (Wildman–Crippen MR) is 109 cm³/mol. The lowest BCUT2D eigenvalue weighted by Gasteiger charge is -2.04. The second-order valence-corrected chi connectivity index (χ2v) is 8.38. The fraction of sp³-hybridized carbons (Fsp3) is 0.158. The molecule has 0 radical (unpaired) electrons. The monoisotopic (exact) mass is 393 g/mol. The first-order chi connectivity index (χ1) is 13.2. The van der Waals surface area contributed by atoms with E-state index in [0.29, 0.717) is 18.5 Å². The van der Waals surface area contributed by atoms with Gasteiger partial charge in [-0.05, 0) is 23.6 Å². The molecule has 0 saturated heterocycles. The van der Waals surface area contributed by atoms with Crippen molar-refractivity contribution >= 4 is 43.9 Å². The number of hydrogen-bond donors (Lipinski definition) is 0. The van der Waals surface area contributed by atoms with Gasteiger partial charge in [-0.25, -0.2) is 9.67 Å². The second-order valence-electron chi connectivity index (χ2n) is 6.27. The van der Waals surface area contributed by atoms with Crippen molar-refractivity contribution in [3.05, 3.63) is 74.0 Å². The lowest BCUT2D eigenvalue weighted by Crippen LogP contribution is -2.24. The van der Waals surface area contributed by atoms with Crippen LogP contribution in [0.25, 0.3) is 21.3 Å². The van der Waals surface area contributed by atoms with Gasteiger partial charge in [-0.1, -0.05) is 12.1 Å². The minimum atomic E-state index is -0.0834. The highest BCUT2D eigenvalue weighted by molar-refractivity contribution is 7.19. The third-order valence-corrected chi connectivity index (χ3v) is 6.45. The van der Waals surface area contributed by atoms with Gasteiger partial charge in [0.05, 0.1) is 17.4 Å². The fourth-order valence-corrected chi connectivity index (χ4v) is 5.04. The molecular weight excluding hydrogens is 378 g/mol. The molecule has 0 saturated carbocycles. The van der Waals surface area contributed by atoms with Gasteiger partial charge in [0.2, 0.25) is 0 Å². The highest BCUT2D eigenvalue weighted by atomic mass is 32.1. The van der Waals surface area contributed by atoms with Gasteiger partial charge in [-0.3, -0.25) is 9.78 Å². The van der Waals surface area contributed by atoms with Gasteiger partial charge in [0.25, 0.3) is 5.56 Å². The molecule has 5 heterocycles. The normalized spacial score (nSPS) is 11.6. The third kappa shape index (κ3) is 2.77. The molecule has 134 valence electrons. The first-order valence-corrected chi connectivity index (χ1v) is 10.2. The Hall–Kier alpha value is -2.84. The summed E-state index contributed by atoms with van der Waals surface area (Å²) in [6, 6.07) is 9.87. The Morgan fingerprint density at radius 1 is 1.19 bits per heavy atom. The molecule has 8 heteroatoms. The molecule has 0 aliphatic carbocycles. The van der Waals surface area contributed by atoms with Gasteiger partial charge in [0.1, 0.15) is 10.5 Å². The zero-order valence-electron chi connectivity index (χ0n) is 14.5. The second kappa shape index (κ2) is 6.40. The molecule has 0 unspecified atom stereocenters. The van der Waals surface area contributed by atoms with Crippen LogP contribution in [-0.4, -0.2) is 24.3 Å². The lowest BCUT2D eigenvalue weighted by molar-refractivity contribution is 0.650. The van der Waals surface area contributed by atoms with Crippen molar-refractivity contribution in [3.63, 3.8) is 0 Å². The summed E-state index contributed by atoms with van der Waals surface area (Å²) >= 11 is 3.23. The summed E-state index contributed by atoms with van der Waals surface area (Å²) in [6.07, 6.45) is 4.26. The smallest absolute Gasteiger partial charge is 0.291 e. The van der Waals surface area contributed by atoms with E-state index in [4.69, 9.17) is 4.98 Å². The molecule has 0 N–H and O–H groups in total. The van der Waals surface area contributed by atoms with Crippen LogP contribution in [0.1, 0.15) is 15.6 Å². The summed E-state index contributed by atoms with van der Waals surface area (Å²) in [7, 11) is 1.89. The molecule has 0 aromatic carbocycles. The van der Waals surface area contributed by atoms with E-state index in [-0.39, 0.29) is 5.56 Å². The van der Waals surface area contributed by atoms with E-state index >= 15 is 0 Å². The number of aromatic nitrogens is 5. The topological polar surface area (TPSA) is 65.6 Å². The number of nitrogens with zero attached hydrogens (tertiary/aromatic N) is 5. The van der Waals surface area contributed by atoms with E-state index in [1.807, 2.05) is 47.3 Å². The summed E-state index contributed by atoms with van der Waals surface area (Å²) < 4.78 is 4.41. The van der Waals surface area contributed by atoms with Crippen LogP contribution in [0.2, 0.25) is 0 Å². The maximum atomic E-state index is 13.0. The lowest BCUT2D eigenvalue weighted by atomic mass is 10.3. The molecule has 0 aliphatic heterocycles. The number of thiophene rings is 1. The molecule has 5 aromatic heterocycles. The van der Waals surface area contributed by atoms with Crippen LogP contribution in [0.4, 0.5) is 0 Å².